The molecule has 1 fully saturated rings. The molecule has 2 unspecified atom stereocenters. The molecule has 0 spiro atoms. The summed E-state index contributed by atoms with van der Waals surface area (Å²) in [6, 6.07) is 5.17. The molecule has 1 aromatic rings. The van der Waals surface area contributed by atoms with Gasteiger partial charge < -0.3 is 10.1 Å². The predicted octanol–water partition coefficient (Wildman–Crippen LogP) is 1.78. The molecule has 2 atom stereocenters. The molecule has 98 valence electrons. The number of esters is 1. The van der Waals surface area contributed by atoms with Crippen molar-refractivity contribution in [2.75, 3.05) is 20.2 Å². The average molecular weight is 251 g/mol. The molecular weight excluding hydrogens is 233 g/mol. The van der Waals surface area contributed by atoms with Crippen LogP contribution in [0.1, 0.15) is 18.1 Å². The fraction of sp³-hybridized carbons (Fsp3) is 0.500. The van der Waals surface area contributed by atoms with Gasteiger partial charge in [-0.05, 0) is 24.1 Å². The lowest BCUT2D eigenvalue weighted by Crippen LogP contribution is -2.37. The van der Waals surface area contributed by atoms with Crippen LogP contribution in [0, 0.1) is 18.7 Å². The van der Waals surface area contributed by atoms with E-state index >= 15 is 0 Å². The van der Waals surface area contributed by atoms with Gasteiger partial charge in [-0.3, -0.25) is 4.79 Å². The SMILES string of the molecule is COC(=O)C1CNCC1(C)c1ccc(C)c(F)c1. The highest BCUT2D eigenvalue weighted by atomic mass is 19.1. The van der Waals surface area contributed by atoms with Gasteiger partial charge in [-0.2, -0.15) is 0 Å². The number of halogens is 1. The molecule has 18 heavy (non-hydrogen) atoms. The molecule has 1 saturated heterocycles. The Kier molecular flexibility index (Phi) is 3.39. The van der Waals surface area contributed by atoms with Crippen LogP contribution in [0.25, 0.3) is 0 Å². The fourth-order valence-electron chi connectivity index (χ4n) is 2.56. The molecule has 0 amide bonds. The number of benzene rings is 1. The second-order valence-electron chi connectivity index (χ2n) is 5.09. The van der Waals surface area contributed by atoms with E-state index in [2.05, 4.69) is 5.32 Å². The Balaban J connectivity index is 2.40. The summed E-state index contributed by atoms with van der Waals surface area (Å²) in [5.74, 6) is -0.752. The van der Waals surface area contributed by atoms with E-state index in [1.54, 1.807) is 13.0 Å². The van der Waals surface area contributed by atoms with Gasteiger partial charge in [0.25, 0.3) is 0 Å². The summed E-state index contributed by atoms with van der Waals surface area (Å²) in [5.41, 5.74) is 1.04. The van der Waals surface area contributed by atoms with Gasteiger partial charge in [0.2, 0.25) is 0 Å². The van der Waals surface area contributed by atoms with E-state index in [-0.39, 0.29) is 17.7 Å². The van der Waals surface area contributed by atoms with Crippen molar-refractivity contribution in [3.8, 4) is 0 Å². The molecule has 1 aliphatic rings. The third-order valence-corrected chi connectivity index (χ3v) is 3.93. The van der Waals surface area contributed by atoms with E-state index in [9.17, 15) is 9.18 Å². The highest BCUT2D eigenvalue weighted by molar-refractivity contribution is 5.75. The van der Waals surface area contributed by atoms with Gasteiger partial charge in [0.1, 0.15) is 5.82 Å². The third kappa shape index (κ3) is 2.01. The van der Waals surface area contributed by atoms with Crippen LogP contribution in [-0.2, 0) is 14.9 Å². The monoisotopic (exact) mass is 251 g/mol. The first-order valence-electron chi connectivity index (χ1n) is 6.04. The van der Waals surface area contributed by atoms with Crippen LogP contribution in [0.4, 0.5) is 4.39 Å². The van der Waals surface area contributed by atoms with Gasteiger partial charge >= 0.3 is 5.97 Å². The summed E-state index contributed by atoms with van der Waals surface area (Å²) in [6.45, 7) is 4.92. The number of hydrogen-bond donors (Lipinski definition) is 1. The Morgan fingerprint density at radius 1 is 1.56 bits per heavy atom. The summed E-state index contributed by atoms with van der Waals surface area (Å²) >= 11 is 0. The maximum Gasteiger partial charge on any atom is 0.310 e. The van der Waals surface area contributed by atoms with E-state index in [0.29, 0.717) is 18.7 Å². The molecule has 1 aromatic carbocycles. The van der Waals surface area contributed by atoms with Crippen LogP contribution < -0.4 is 5.32 Å². The van der Waals surface area contributed by atoms with Gasteiger partial charge in [0, 0.05) is 18.5 Å². The van der Waals surface area contributed by atoms with E-state index in [1.807, 2.05) is 13.0 Å². The zero-order chi connectivity index (χ0) is 13.3. The molecule has 3 nitrogen and oxygen atoms in total. The highest BCUT2D eigenvalue weighted by Crippen LogP contribution is 2.36. The first-order chi connectivity index (χ1) is 8.49. The highest BCUT2D eigenvalue weighted by Gasteiger charge is 2.45. The van der Waals surface area contributed by atoms with Gasteiger partial charge in [-0.1, -0.05) is 19.1 Å². The molecule has 0 bridgehead atoms. The Hall–Kier alpha value is -1.42. The van der Waals surface area contributed by atoms with Crippen molar-refractivity contribution in [2.24, 2.45) is 5.92 Å². The standard InChI is InChI=1S/C14H18FNO2/c1-9-4-5-10(6-12(9)15)14(2)8-16-7-11(14)13(17)18-3/h4-6,11,16H,7-8H2,1-3H3. The van der Waals surface area contributed by atoms with Crippen molar-refractivity contribution in [3.63, 3.8) is 0 Å². The van der Waals surface area contributed by atoms with E-state index < -0.39 is 5.41 Å². The van der Waals surface area contributed by atoms with E-state index in [0.717, 1.165) is 5.56 Å². The van der Waals surface area contributed by atoms with Crippen molar-refractivity contribution < 1.29 is 13.9 Å². The number of aryl methyl sites for hydroxylation is 1. The Bertz CT molecular complexity index is 475. The number of methoxy groups -OCH3 is 1. The van der Waals surface area contributed by atoms with Crippen LogP contribution in [0.2, 0.25) is 0 Å². The summed E-state index contributed by atoms with van der Waals surface area (Å²) in [7, 11) is 1.39. The molecule has 2 rings (SSSR count). The molecule has 1 aliphatic heterocycles. The Morgan fingerprint density at radius 3 is 2.89 bits per heavy atom. The predicted molar refractivity (Wildman–Crippen MR) is 66.9 cm³/mol. The molecule has 4 heteroatoms. The lowest BCUT2D eigenvalue weighted by molar-refractivity contribution is -0.146. The molecule has 0 saturated carbocycles. The van der Waals surface area contributed by atoms with Crippen LogP contribution >= 0.6 is 0 Å². The van der Waals surface area contributed by atoms with Gasteiger partial charge in [0.05, 0.1) is 13.0 Å². The van der Waals surface area contributed by atoms with Gasteiger partial charge in [0.15, 0.2) is 0 Å². The molecule has 0 aromatic heterocycles. The normalized spacial score (nSPS) is 27.2. The minimum atomic E-state index is -0.415. The first-order valence-corrected chi connectivity index (χ1v) is 6.04. The van der Waals surface area contributed by atoms with Crippen LogP contribution in [0.15, 0.2) is 18.2 Å². The largest absolute Gasteiger partial charge is 0.469 e. The number of carbonyl (C=O) groups is 1. The second kappa shape index (κ2) is 4.69. The minimum Gasteiger partial charge on any atom is -0.469 e. The van der Waals surface area contributed by atoms with Crippen molar-refractivity contribution in [1.82, 2.24) is 5.32 Å². The van der Waals surface area contributed by atoms with Crippen molar-refractivity contribution in [3.05, 3.63) is 35.1 Å². The van der Waals surface area contributed by atoms with Crippen LogP contribution in [0.5, 0.6) is 0 Å². The van der Waals surface area contributed by atoms with Gasteiger partial charge in [-0.15, -0.1) is 0 Å². The molecule has 1 N–H and O–H groups in total. The number of carbonyl (C=O) groups excluding carboxylic acids is 1. The van der Waals surface area contributed by atoms with E-state index in [4.69, 9.17) is 4.74 Å². The maximum atomic E-state index is 13.7. The summed E-state index contributed by atoms with van der Waals surface area (Å²) in [6.07, 6.45) is 0. The molecule has 0 aliphatic carbocycles. The van der Waals surface area contributed by atoms with Crippen molar-refractivity contribution in [2.45, 2.75) is 19.3 Å². The average Bonchev–Trinajstić information content (AvgIpc) is 2.75. The summed E-state index contributed by atoms with van der Waals surface area (Å²) in [4.78, 5) is 11.8. The van der Waals surface area contributed by atoms with Crippen molar-refractivity contribution >= 4 is 5.97 Å². The second-order valence-corrected chi connectivity index (χ2v) is 5.09. The maximum absolute atomic E-state index is 13.7. The number of hydrogen-bond acceptors (Lipinski definition) is 3. The van der Waals surface area contributed by atoms with Crippen LogP contribution in [0.3, 0.4) is 0 Å². The smallest absolute Gasteiger partial charge is 0.310 e. The molecule has 0 radical (unpaired) electrons. The number of ether oxygens (including phenoxy) is 1. The molecule has 1 heterocycles. The van der Waals surface area contributed by atoms with Crippen molar-refractivity contribution in [1.29, 1.82) is 0 Å². The Morgan fingerprint density at radius 2 is 2.28 bits per heavy atom. The Labute approximate surface area is 106 Å². The summed E-state index contributed by atoms with van der Waals surface area (Å²) < 4.78 is 18.5. The quantitative estimate of drug-likeness (QED) is 0.814. The number of nitrogens with one attached hydrogen (secondary N) is 1. The van der Waals surface area contributed by atoms with Gasteiger partial charge in [-0.25, -0.2) is 4.39 Å². The first kappa shape index (κ1) is 13.0. The lowest BCUT2D eigenvalue weighted by Gasteiger charge is -2.29. The molecular formula is C14H18FNO2. The zero-order valence-corrected chi connectivity index (χ0v) is 10.9. The lowest BCUT2D eigenvalue weighted by atomic mass is 9.74. The number of rotatable bonds is 2. The minimum absolute atomic E-state index is 0.232. The third-order valence-electron chi connectivity index (χ3n) is 3.93. The van der Waals surface area contributed by atoms with E-state index in [1.165, 1.54) is 13.2 Å². The van der Waals surface area contributed by atoms with Crippen LogP contribution in [-0.4, -0.2) is 26.2 Å². The topological polar surface area (TPSA) is 38.3 Å². The summed E-state index contributed by atoms with van der Waals surface area (Å²) in [5, 5.41) is 3.19. The zero-order valence-electron chi connectivity index (χ0n) is 10.9. The fourth-order valence-corrected chi connectivity index (χ4v) is 2.56.